The molecule has 3 nitrogen and oxygen atoms in total. The molecular weight excluding hydrogens is 675 g/mol. The summed E-state index contributed by atoms with van der Waals surface area (Å²) in [6, 6.07) is 48.8. The number of nitrogens with zero attached hydrogens (tertiary/aromatic N) is 2. The van der Waals surface area contributed by atoms with Crippen molar-refractivity contribution in [3.63, 3.8) is 0 Å². The van der Waals surface area contributed by atoms with Crippen molar-refractivity contribution in [1.29, 1.82) is 0 Å². The Balaban J connectivity index is 1.02. The van der Waals surface area contributed by atoms with E-state index < -0.39 is 0 Å². The molecule has 2 unspecified atom stereocenters. The van der Waals surface area contributed by atoms with Gasteiger partial charge in [0, 0.05) is 38.3 Å². The molecule has 0 saturated carbocycles. The number of benzene rings is 7. The van der Waals surface area contributed by atoms with Crippen molar-refractivity contribution in [1.82, 2.24) is 9.97 Å². The Morgan fingerprint density at radius 3 is 2.19 bits per heavy atom. The topological polar surface area (TPSA) is 37.8 Å². The number of fused-ring (bicyclic) bond motifs is 9. The van der Waals surface area contributed by atoms with Crippen LogP contribution in [0.25, 0.3) is 77.3 Å². The van der Waals surface area contributed by atoms with Crippen molar-refractivity contribution in [3.8, 4) is 45.0 Å². The van der Waals surface area contributed by atoms with E-state index in [0.29, 0.717) is 11.3 Å². The van der Waals surface area contributed by atoms with Gasteiger partial charge in [-0.2, -0.15) is 0 Å². The van der Waals surface area contributed by atoms with Crippen LogP contribution in [0.5, 0.6) is 0 Å². The molecule has 0 fully saturated rings. The maximum atomic E-state index is 5.32. The van der Waals surface area contributed by atoms with Crippen LogP contribution in [0.4, 0.5) is 5.69 Å². The van der Waals surface area contributed by atoms with Gasteiger partial charge in [-0.1, -0.05) is 147 Å². The summed E-state index contributed by atoms with van der Waals surface area (Å²) in [6.07, 6.45) is 10.0. The van der Waals surface area contributed by atoms with E-state index in [2.05, 4.69) is 177 Å². The highest BCUT2D eigenvalue weighted by Gasteiger charge is 2.36. The molecule has 0 amide bonds. The average molecular weight is 712 g/mol. The molecule has 8 aromatic rings. The van der Waals surface area contributed by atoms with Crippen LogP contribution >= 0.6 is 11.8 Å². The Labute approximate surface area is 319 Å². The molecule has 2 atom stereocenters. The van der Waals surface area contributed by atoms with Gasteiger partial charge in [-0.25, -0.2) is 9.97 Å². The average Bonchev–Trinajstić information content (AvgIpc) is 3.76. The zero-order valence-corrected chi connectivity index (χ0v) is 31.0. The molecule has 1 aliphatic heterocycles. The van der Waals surface area contributed by atoms with Gasteiger partial charge < -0.3 is 5.32 Å². The van der Waals surface area contributed by atoms with Gasteiger partial charge in [0.1, 0.15) is 0 Å². The van der Waals surface area contributed by atoms with Crippen molar-refractivity contribution in [2.24, 2.45) is 5.92 Å². The van der Waals surface area contributed by atoms with Crippen molar-refractivity contribution >= 4 is 49.8 Å². The molecule has 3 aliphatic rings. The molecule has 2 heterocycles. The predicted molar refractivity (Wildman–Crippen MR) is 228 cm³/mol. The fourth-order valence-corrected chi connectivity index (χ4v) is 10.2. The van der Waals surface area contributed by atoms with Crippen molar-refractivity contribution < 1.29 is 0 Å². The lowest BCUT2D eigenvalue weighted by Crippen LogP contribution is -2.21. The second kappa shape index (κ2) is 12.0. The summed E-state index contributed by atoms with van der Waals surface area (Å²) < 4.78 is 0. The minimum absolute atomic E-state index is 0.137. The molecule has 1 N–H and O–H groups in total. The number of nitrogens with one attached hydrogen (secondary N) is 1. The van der Waals surface area contributed by atoms with Crippen LogP contribution in [0.2, 0.25) is 0 Å². The third-order valence-electron chi connectivity index (χ3n) is 11.8. The van der Waals surface area contributed by atoms with Gasteiger partial charge in [-0.3, -0.25) is 0 Å². The first-order valence-electron chi connectivity index (χ1n) is 18.9. The summed E-state index contributed by atoms with van der Waals surface area (Å²) in [5.74, 6) is 1.20. The lowest BCUT2D eigenvalue weighted by atomic mass is 9.81. The molecule has 54 heavy (non-hydrogen) atoms. The number of allylic oxidation sites excluding steroid dienone is 3. The van der Waals surface area contributed by atoms with E-state index in [1.165, 1.54) is 65.2 Å². The van der Waals surface area contributed by atoms with Crippen LogP contribution in [-0.2, 0) is 5.41 Å². The van der Waals surface area contributed by atoms with E-state index in [4.69, 9.17) is 9.97 Å². The molecule has 0 saturated heterocycles. The van der Waals surface area contributed by atoms with Gasteiger partial charge in [0.2, 0.25) is 0 Å². The van der Waals surface area contributed by atoms with Gasteiger partial charge in [0.25, 0.3) is 0 Å². The Kier molecular flexibility index (Phi) is 7.03. The minimum atomic E-state index is -0.137. The highest BCUT2D eigenvalue weighted by Crippen LogP contribution is 2.51. The van der Waals surface area contributed by atoms with E-state index in [1.54, 1.807) is 0 Å². The third-order valence-corrected chi connectivity index (χ3v) is 13.1. The van der Waals surface area contributed by atoms with E-state index in [-0.39, 0.29) is 5.41 Å². The van der Waals surface area contributed by atoms with E-state index in [1.807, 2.05) is 11.8 Å². The van der Waals surface area contributed by atoms with E-state index >= 15 is 0 Å². The van der Waals surface area contributed by atoms with Crippen molar-refractivity contribution in [2.75, 3.05) is 5.32 Å². The summed E-state index contributed by atoms with van der Waals surface area (Å²) >= 11 is 1.95. The molecule has 7 aromatic carbocycles. The molecule has 258 valence electrons. The monoisotopic (exact) mass is 711 g/mol. The molecule has 1 aromatic heterocycles. The normalized spacial score (nSPS) is 17.8. The van der Waals surface area contributed by atoms with Crippen LogP contribution in [0.15, 0.2) is 163 Å². The van der Waals surface area contributed by atoms with Crippen LogP contribution < -0.4 is 5.32 Å². The molecule has 2 aliphatic carbocycles. The van der Waals surface area contributed by atoms with Crippen molar-refractivity contribution in [3.05, 3.63) is 169 Å². The summed E-state index contributed by atoms with van der Waals surface area (Å²) in [7, 11) is 0. The maximum absolute atomic E-state index is 5.32. The molecule has 0 spiro atoms. The zero-order chi connectivity index (χ0) is 36.0. The van der Waals surface area contributed by atoms with Gasteiger partial charge in [0.15, 0.2) is 5.82 Å². The summed E-state index contributed by atoms with van der Waals surface area (Å²) in [5.41, 5.74) is 11.5. The second-order valence-corrected chi connectivity index (χ2v) is 16.6. The number of anilines is 1. The molecule has 0 radical (unpaired) electrons. The van der Waals surface area contributed by atoms with Gasteiger partial charge >= 0.3 is 0 Å². The van der Waals surface area contributed by atoms with Crippen LogP contribution in [0.1, 0.15) is 31.4 Å². The summed E-state index contributed by atoms with van der Waals surface area (Å²) in [4.78, 5) is 11.9. The Hall–Kier alpha value is -5.97. The maximum Gasteiger partial charge on any atom is 0.160 e. The van der Waals surface area contributed by atoms with Crippen LogP contribution in [0.3, 0.4) is 0 Å². The number of thioether (sulfide) groups is 1. The van der Waals surface area contributed by atoms with E-state index in [9.17, 15) is 0 Å². The molecule has 11 rings (SSSR count). The summed E-state index contributed by atoms with van der Waals surface area (Å²) in [5, 5.41) is 11.8. The fourth-order valence-electron chi connectivity index (χ4n) is 8.91. The van der Waals surface area contributed by atoms with E-state index in [0.717, 1.165) is 40.3 Å². The highest BCUT2D eigenvalue weighted by molar-refractivity contribution is 8.00. The standard InChI is InChI=1S/C50H37N3S/c1-50(2)41-28-36(19-23-39(41)40-26-33-15-9-10-16-34(33)27-42(40)50)44-29-43(30-11-5-3-6-12-30)51-48(52-44)37-20-22-38-35(25-37)18-17-31-21-24-45-47(46(31)38)53-49(54-45)32-13-7-4-8-14-32/h3-13,15-29,32,49,53H,14H2,1-2H3. The van der Waals surface area contributed by atoms with Crippen LogP contribution in [-0.4, -0.2) is 15.3 Å². The molecular formula is C50H37N3S. The molecule has 0 bridgehead atoms. The minimum Gasteiger partial charge on any atom is -0.371 e. The van der Waals surface area contributed by atoms with Crippen molar-refractivity contribution in [2.45, 2.75) is 36.0 Å². The Morgan fingerprint density at radius 2 is 1.35 bits per heavy atom. The molecule has 4 heteroatoms. The summed E-state index contributed by atoms with van der Waals surface area (Å²) in [6.45, 7) is 4.70. The Bertz CT molecular complexity index is 2900. The first-order valence-corrected chi connectivity index (χ1v) is 19.8. The SMILES string of the molecule is CC1(C)c2cc(-c3cc(-c4ccccc4)nc(-c4ccc5c(ccc6ccc7c(c65)NC(C5C=CC=CC5)S7)c4)n3)ccc2-c2cc3ccccc3cc21. The Morgan fingerprint density at radius 1 is 0.611 bits per heavy atom. The number of rotatable bonds is 4. The second-order valence-electron chi connectivity index (χ2n) is 15.4. The lowest BCUT2D eigenvalue weighted by molar-refractivity contribution is 0.661. The van der Waals surface area contributed by atoms with Crippen LogP contribution in [0, 0.1) is 5.92 Å². The van der Waals surface area contributed by atoms with Gasteiger partial charge in [-0.05, 0) is 92.0 Å². The fraction of sp³-hybridized carbons (Fsp3) is 0.120. The largest absolute Gasteiger partial charge is 0.371 e. The number of hydrogen-bond donors (Lipinski definition) is 1. The first-order chi connectivity index (χ1) is 26.5. The number of aromatic nitrogens is 2. The quantitative estimate of drug-likeness (QED) is 0.184. The zero-order valence-electron chi connectivity index (χ0n) is 30.2. The van der Waals surface area contributed by atoms with Gasteiger partial charge in [0.05, 0.1) is 22.4 Å². The smallest absolute Gasteiger partial charge is 0.160 e. The predicted octanol–water partition coefficient (Wildman–Crippen LogP) is 13.2. The number of hydrogen-bond acceptors (Lipinski definition) is 4. The lowest BCUT2D eigenvalue weighted by Gasteiger charge is -2.22. The highest BCUT2D eigenvalue weighted by atomic mass is 32.2. The van der Waals surface area contributed by atoms with Gasteiger partial charge in [-0.15, -0.1) is 0 Å². The first kappa shape index (κ1) is 31.5. The third kappa shape index (κ3) is 4.97.